The highest BCUT2D eigenvalue weighted by Gasteiger charge is 2.41. The van der Waals surface area contributed by atoms with Crippen molar-refractivity contribution < 1.29 is 5.11 Å². The van der Waals surface area contributed by atoms with Gasteiger partial charge in [0, 0.05) is 10.9 Å². The van der Waals surface area contributed by atoms with Crippen molar-refractivity contribution in [1.29, 1.82) is 0 Å². The van der Waals surface area contributed by atoms with Gasteiger partial charge >= 0.3 is 0 Å². The topological polar surface area (TPSA) is 23.5 Å². The molecule has 0 bridgehead atoms. The molecule has 1 aliphatic rings. The van der Waals surface area contributed by atoms with E-state index in [0.717, 1.165) is 67.9 Å². The van der Waals surface area contributed by atoms with Crippen molar-refractivity contribution in [2.75, 3.05) is 19.6 Å². The van der Waals surface area contributed by atoms with Crippen molar-refractivity contribution in [3.8, 4) is 0 Å². The molecule has 27 heavy (non-hydrogen) atoms. The summed E-state index contributed by atoms with van der Waals surface area (Å²) in [5.41, 5.74) is 2.73. The zero-order chi connectivity index (χ0) is 19.3. The highest BCUT2D eigenvalue weighted by atomic mass is 35.5. The van der Waals surface area contributed by atoms with E-state index < -0.39 is 5.60 Å². The Morgan fingerprint density at radius 3 is 2.63 bits per heavy atom. The van der Waals surface area contributed by atoms with Crippen LogP contribution in [-0.4, -0.2) is 29.6 Å². The molecule has 2 atom stereocenters. The fourth-order valence-electron chi connectivity index (χ4n) is 4.67. The van der Waals surface area contributed by atoms with Crippen LogP contribution in [-0.2, 0) is 12.0 Å². The number of aliphatic hydroxyl groups is 1. The lowest BCUT2D eigenvalue weighted by Gasteiger charge is -2.37. The molecule has 2 aromatic rings. The Bertz CT molecular complexity index is 743. The highest BCUT2D eigenvalue weighted by Crippen LogP contribution is 2.47. The van der Waals surface area contributed by atoms with Crippen LogP contribution < -0.4 is 0 Å². The van der Waals surface area contributed by atoms with E-state index in [1.165, 1.54) is 5.56 Å². The van der Waals surface area contributed by atoms with Gasteiger partial charge in [-0.25, -0.2) is 0 Å². The maximum Gasteiger partial charge on any atom is 0.0967 e. The van der Waals surface area contributed by atoms with E-state index in [1.807, 2.05) is 18.2 Å². The van der Waals surface area contributed by atoms with E-state index in [9.17, 15) is 5.11 Å². The molecule has 1 aliphatic carbocycles. The average molecular weight is 386 g/mol. The molecule has 0 aliphatic heterocycles. The van der Waals surface area contributed by atoms with Gasteiger partial charge in [0.25, 0.3) is 0 Å². The highest BCUT2D eigenvalue weighted by molar-refractivity contribution is 6.30. The lowest BCUT2D eigenvalue weighted by molar-refractivity contribution is -0.00670. The minimum atomic E-state index is -0.842. The number of aryl methyl sites for hydroxylation is 1. The van der Waals surface area contributed by atoms with E-state index in [1.54, 1.807) is 0 Å². The van der Waals surface area contributed by atoms with Crippen molar-refractivity contribution in [2.24, 2.45) is 0 Å². The Morgan fingerprint density at radius 1 is 1.11 bits per heavy atom. The molecule has 0 heterocycles. The second kappa shape index (κ2) is 9.23. The Hall–Kier alpha value is -1.35. The molecule has 0 saturated carbocycles. The first-order valence-electron chi connectivity index (χ1n) is 10.4. The number of fused-ring (bicyclic) bond motifs is 1. The Balaban J connectivity index is 1.95. The summed E-state index contributed by atoms with van der Waals surface area (Å²) in [5.74, 6) is 0.0801. The van der Waals surface area contributed by atoms with Gasteiger partial charge in [0.15, 0.2) is 0 Å². The molecule has 3 heteroatoms. The van der Waals surface area contributed by atoms with Gasteiger partial charge in [-0.1, -0.05) is 61.8 Å². The Labute approximate surface area is 169 Å². The first-order chi connectivity index (χ1) is 13.1. The largest absolute Gasteiger partial charge is 0.385 e. The van der Waals surface area contributed by atoms with Gasteiger partial charge in [-0.05, 0) is 80.6 Å². The number of halogens is 1. The number of hydrogen-bond donors (Lipinski definition) is 1. The second-order valence-electron chi connectivity index (χ2n) is 7.71. The van der Waals surface area contributed by atoms with Crippen LogP contribution in [0, 0.1) is 0 Å². The molecule has 0 fully saturated rings. The predicted octanol–water partition coefficient (Wildman–Crippen LogP) is 5.77. The van der Waals surface area contributed by atoms with Crippen LogP contribution in [0.1, 0.15) is 62.1 Å². The van der Waals surface area contributed by atoms with E-state index in [4.69, 9.17) is 11.6 Å². The van der Waals surface area contributed by atoms with Gasteiger partial charge in [0.2, 0.25) is 0 Å². The molecule has 0 aromatic heterocycles. The van der Waals surface area contributed by atoms with Crippen LogP contribution in [0.5, 0.6) is 0 Å². The van der Waals surface area contributed by atoms with Crippen molar-refractivity contribution in [3.63, 3.8) is 0 Å². The van der Waals surface area contributed by atoms with Gasteiger partial charge in [0.05, 0.1) is 5.60 Å². The monoisotopic (exact) mass is 385 g/mol. The van der Waals surface area contributed by atoms with Gasteiger partial charge in [0.1, 0.15) is 0 Å². The molecule has 0 radical (unpaired) electrons. The van der Waals surface area contributed by atoms with Gasteiger partial charge in [-0.3, -0.25) is 0 Å². The lowest BCUT2D eigenvalue weighted by atomic mass is 9.73. The Kier molecular flexibility index (Phi) is 6.97. The molecule has 1 N–H and O–H groups in total. The molecule has 146 valence electrons. The van der Waals surface area contributed by atoms with Crippen LogP contribution in [0.25, 0.3) is 0 Å². The summed E-state index contributed by atoms with van der Waals surface area (Å²) in [7, 11) is 0. The zero-order valence-electron chi connectivity index (χ0n) is 16.6. The van der Waals surface area contributed by atoms with Crippen LogP contribution in [0.4, 0.5) is 0 Å². The maximum atomic E-state index is 12.1. The van der Waals surface area contributed by atoms with E-state index >= 15 is 0 Å². The number of hydrogen-bond acceptors (Lipinski definition) is 2. The third kappa shape index (κ3) is 4.56. The van der Waals surface area contributed by atoms with E-state index in [-0.39, 0.29) is 5.92 Å². The van der Waals surface area contributed by atoms with Crippen LogP contribution >= 0.6 is 11.6 Å². The summed E-state index contributed by atoms with van der Waals surface area (Å²) in [6.45, 7) is 7.55. The van der Waals surface area contributed by atoms with Gasteiger partial charge < -0.3 is 10.0 Å². The molecule has 3 rings (SSSR count). The molecule has 0 saturated heterocycles. The SMILES string of the molecule is CCN(CC)CCCC1(O)c2ccccc2CCCC1c1cccc(Cl)c1. The number of nitrogens with zero attached hydrogens (tertiary/aromatic N) is 1. The zero-order valence-corrected chi connectivity index (χ0v) is 17.4. The van der Waals surface area contributed by atoms with Crippen LogP contribution in [0.3, 0.4) is 0 Å². The smallest absolute Gasteiger partial charge is 0.0967 e. The lowest BCUT2D eigenvalue weighted by Crippen LogP contribution is -2.35. The number of rotatable bonds is 7. The van der Waals surface area contributed by atoms with Gasteiger partial charge in [-0.2, -0.15) is 0 Å². The van der Waals surface area contributed by atoms with E-state index in [0.29, 0.717) is 0 Å². The fourth-order valence-corrected chi connectivity index (χ4v) is 4.87. The van der Waals surface area contributed by atoms with E-state index in [2.05, 4.69) is 49.1 Å². The second-order valence-corrected chi connectivity index (χ2v) is 8.15. The number of benzene rings is 2. The molecule has 0 amide bonds. The third-order valence-electron chi connectivity index (χ3n) is 6.18. The maximum absolute atomic E-state index is 12.1. The summed E-state index contributed by atoms with van der Waals surface area (Å²) in [6, 6.07) is 16.6. The minimum absolute atomic E-state index is 0.0801. The summed E-state index contributed by atoms with van der Waals surface area (Å²) in [5, 5.41) is 12.9. The molecular formula is C24H32ClNO. The Morgan fingerprint density at radius 2 is 1.89 bits per heavy atom. The van der Waals surface area contributed by atoms with Crippen molar-refractivity contribution in [1.82, 2.24) is 4.90 Å². The van der Waals surface area contributed by atoms with Crippen LogP contribution in [0.2, 0.25) is 5.02 Å². The summed E-state index contributed by atoms with van der Waals surface area (Å²) >= 11 is 6.29. The first kappa shape index (κ1) is 20.4. The average Bonchev–Trinajstić information content (AvgIpc) is 2.82. The quantitative estimate of drug-likeness (QED) is 0.611. The summed E-state index contributed by atoms with van der Waals surface area (Å²) in [6.07, 6.45) is 4.87. The normalized spacial score (nSPS) is 22.5. The first-order valence-corrected chi connectivity index (χ1v) is 10.7. The minimum Gasteiger partial charge on any atom is -0.385 e. The predicted molar refractivity (Wildman–Crippen MR) is 114 cm³/mol. The molecule has 0 spiro atoms. The molecule has 2 unspecified atom stereocenters. The van der Waals surface area contributed by atoms with Crippen molar-refractivity contribution in [3.05, 3.63) is 70.2 Å². The standard InChI is InChI=1S/C24H32ClNO/c1-3-26(4-2)17-9-16-24(27)22-14-6-5-10-19(22)11-8-15-23(24)20-12-7-13-21(25)18-20/h5-7,10,12-14,18,23,27H,3-4,8-9,11,15-17H2,1-2H3. The van der Waals surface area contributed by atoms with Gasteiger partial charge in [-0.15, -0.1) is 0 Å². The summed E-state index contributed by atoms with van der Waals surface area (Å²) < 4.78 is 0. The molecule has 2 nitrogen and oxygen atoms in total. The molecule has 2 aromatic carbocycles. The van der Waals surface area contributed by atoms with Crippen LogP contribution in [0.15, 0.2) is 48.5 Å². The fraction of sp³-hybridized carbons (Fsp3) is 0.500. The van der Waals surface area contributed by atoms with Crippen molar-refractivity contribution >= 4 is 11.6 Å². The summed E-state index contributed by atoms with van der Waals surface area (Å²) in [4.78, 5) is 2.43. The van der Waals surface area contributed by atoms with Crippen molar-refractivity contribution in [2.45, 2.75) is 57.5 Å². The molecular weight excluding hydrogens is 354 g/mol. The third-order valence-corrected chi connectivity index (χ3v) is 6.41.